The average molecular weight is 402 g/mol. The molecule has 4 rings (SSSR count). The third-order valence-electron chi connectivity index (χ3n) is 4.54. The SMILES string of the molecule is COc1cc(OC)cc(C(=O)Nc2ccc(-c3nc4ccccc4c(=O)o3)cc2)c1. The number of carbonyl (C=O) groups is 1. The van der Waals surface area contributed by atoms with Crippen molar-refractivity contribution < 1.29 is 18.7 Å². The molecule has 0 aliphatic heterocycles. The van der Waals surface area contributed by atoms with E-state index in [0.717, 1.165) is 0 Å². The van der Waals surface area contributed by atoms with E-state index in [4.69, 9.17) is 13.9 Å². The van der Waals surface area contributed by atoms with Crippen LogP contribution in [0.25, 0.3) is 22.4 Å². The second-order valence-electron chi connectivity index (χ2n) is 6.46. The van der Waals surface area contributed by atoms with Gasteiger partial charge in [0.15, 0.2) is 0 Å². The summed E-state index contributed by atoms with van der Waals surface area (Å²) in [4.78, 5) is 29.2. The molecule has 0 radical (unpaired) electrons. The van der Waals surface area contributed by atoms with Gasteiger partial charge in [0.2, 0.25) is 5.89 Å². The maximum atomic E-state index is 12.6. The van der Waals surface area contributed by atoms with E-state index in [1.165, 1.54) is 14.2 Å². The Labute approximate surface area is 171 Å². The molecule has 0 saturated carbocycles. The van der Waals surface area contributed by atoms with Crippen LogP contribution in [0, 0.1) is 0 Å². The summed E-state index contributed by atoms with van der Waals surface area (Å²) in [5.41, 5.74) is 1.72. The first-order valence-electron chi connectivity index (χ1n) is 9.12. The number of anilines is 1. The Hall–Kier alpha value is -4.13. The number of fused-ring (bicyclic) bond motifs is 1. The van der Waals surface area contributed by atoms with Crippen molar-refractivity contribution in [3.05, 3.63) is 82.7 Å². The van der Waals surface area contributed by atoms with Crippen LogP contribution < -0.4 is 20.4 Å². The predicted molar refractivity (Wildman–Crippen MR) is 113 cm³/mol. The van der Waals surface area contributed by atoms with E-state index in [1.54, 1.807) is 60.7 Å². The number of carbonyl (C=O) groups excluding carboxylic acids is 1. The van der Waals surface area contributed by atoms with Crippen molar-refractivity contribution in [2.45, 2.75) is 0 Å². The van der Waals surface area contributed by atoms with E-state index in [1.807, 2.05) is 6.07 Å². The second-order valence-corrected chi connectivity index (χ2v) is 6.46. The van der Waals surface area contributed by atoms with E-state index in [2.05, 4.69) is 10.3 Å². The van der Waals surface area contributed by atoms with Gasteiger partial charge in [0, 0.05) is 22.9 Å². The monoisotopic (exact) mass is 402 g/mol. The van der Waals surface area contributed by atoms with Gasteiger partial charge in [-0.15, -0.1) is 0 Å². The van der Waals surface area contributed by atoms with Crippen molar-refractivity contribution >= 4 is 22.5 Å². The Morgan fingerprint density at radius 3 is 2.27 bits per heavy atom. The average Bonchev–Trinajstić information content (AvgIpc) is 2.79. The molecule has 150 valence electrons. The maximum Gasteiger partial charge on any atom is 0.347 e. The largest absolute Gasteiger partial charge is 0.497 e. The van der Waals surface area contributed by atoms with Crippen molar-refractivity contribution in [2.24, 2.45) is 0 Å². The molecule has 0 spiro atoms. The Morgan fingerprint density at radius 2 is 1.60 bits per heavy atom. The number of nitrogens with one attached hydrogen (secondary N) is 1. The molecule has 7 nitrogen and oxygen atoms in total. The first-order valence-corrected chi connectivity index (χ1v) is 9.12. The topological polar surface area (TPSA) is 90.7 Å². The Balaban J connectivity index is 1.57. The molecular weight excluding hydrogens is 384 g/mol. The smallest absolute Gasteiger partial charge is 0.347 e. The van der Waals surface area contributed by atoms with Gasteiger partial charge in [0.05, 0.1) is 25.1 Å². The van der Waals surface area contributed by atoms with Gasteiger partial charge in [-0.1, -0.05) is 12.1 Å². The molecule has 1 aromatic heterocycles. The molecule has 0 aliphatic carbocycles. The number of methoxy groups -OCH3 is 2. The number of amides is 1. The summed E-state index contributed by atoms with van der Waals surface area (Å²) in [5.74, 6) is 0.948. The second kappa shape index (κ2) is 8.08. The molecule has 0 bridgehead atoms. The Bertz CT molecular complexity index is 1260. The zero-order valence-corrected chi connectivity index (χ0v) is 16.3. The lowest BCUT2D eigenvalue weighted by molar-refractivity contribution is 0.102. The highest BCUT2D eigenvalue weighted by atomic mass is 16.5. The first kappa shape index (κ1) is 19.2. The van der Waals surface area contributed by atoms with Gasteiger partial charge in [0.1, 0.15) is 11.5 Å². The van der Waals surface area contributed by atoms with Crippen molar-refractivity contribution in [2.75, 3.05) is 19.5 Å². The molecule has 0 saturated heterocycles. The quantitative estimate of drug-likeness (QED) is 0.540. The van der Waals surface area contributed by atoms with Crippen LogP contribution in [-0.4, -0.2) is 25.1 Å². The van der Waals surface area contributed by atoms with E-state index in [9.17, 15) is 9.59 Å². The predicted octanol–water partition coefficient (Wildman–Crippen LogP) is 4.12. The summed E-state index contributed by atoms with van der Waals surface area (Å²) < 4.78 is 15.7. The van der Waals surface area contributed by atoms with Crippen LogP contribution in [0.1, 0.15) is 10.4 Å². The molecule has 1 N–H and O–H groups in total. The lowest BCUT2D eigenvalue weighted by Gasteiger charge is -2.10. The molecule has 1 amide bonds. The van der Waals surface area contributed by atoms with Gasteiger partial charge >= 0.3 is 5.63 Å². The third-order valence-corrected chi connectivity index (χ3v) is 4.54. The van der Waals surface area contributed by atoms with Crippen LogP contribution in [0.4, 0.5) is 5.69 Å². The fraction of sp³-hybridized carbons (Fsp3) is 0.0870. The van der Waals surface area contributed by atoms with Gasteiger partial charge in [0.25, 0.3) is 5.91 Å². The van der Waals surface area contributed by atoms with E-state index in [0.29, 0.717) is 39.2 Å². The zero-order valence-electron chi connectivity index (χ0n) is 16.3. The number of rotatable bonds is 5. The number of ether oxygens (including phenoxy) is 2. The summed E-state index contributed by atoms with van der Waals surface area (Å²) in [6, 6.07) is 18.8. The van der Waals surface area contributed by atoms with Gasteiger partial charge in [-0.3, -0.25) is 4.79 Å². The molecule has 0 atom stereocenters. The van der Waals surface area contributed by atoms with Gasteiger partial charge in [-0.05, 0) is 48.5 Å². The molecular formula is C23H18N2O5. The summed E-state index contributed by atoms with van der Waals surface area (Å²) in [6.45, 7) is 0. The van der Waals surface area contributed by atoms with E-state index >= 15 is 0 Å². The standard InChI is InChI=1S/C23H18N2O5/c1-28-17-11-15(12-18(13-17)29-2)21(26)24-16-9-7-14(8-10-16)22-25-20-6-4-3-5-19(20)23(27)30-22/h3-13H,1-2H3,(H,24,26). The lowest BCUT2D eigenvalue weighted by atomic mass is 10.1. The van der Waals surface area contributed by atoms with Crippen LogP contribution in [-0.2, 0) is 0 Å². The summed E-state index contributed by atoms with van der Waals surface area (Å²) in [7, 11) is 3.04. The van der Waals surface area contributed by atoms with Gasteiger partial charge < -0.3 is 19.2 Å². The van der Waals surface area contributed by atoms with E-state index in [-0.39, 0.29) is 11.8 Å². The highest BCUT2D eigenvalue weighted by Crippen LogP contribution is 2.24. The minimum Gasteiger partial charge on any atom is -0.497 e. The number of hydrogen-bond donors (Lipinski definition) is 1. The number of hydrogen-bond acceptors (Lipinski definition) is 6. The lowest BCUT2D eigenvalue weighted by Crippen LogP contribution is -2.12. The molecule has 7 heteroatoms. The normalized spacial score (nSPS) is 10.6. The Kier molecular flexibility index (Phi) is 5.17. The summed E-state index contributed by atoms with van der Waals surface area (Å²) >= 11 is 0. The van der Waals surface area contributed by atoms with Crippen LogP contribution in [0.3, 0.4) is 0 Å². The van der Waals surface area contributed by atoms with Gasteiger partial charge in [-0.2, -0.15) is 0 Å². The van der Waals surface area contributed by atoms with Crippen LogP contribution in [0.15, 0.2) is 75.9 Å². The molecule has 4 aromatic rings. The minimum absolute atomic E-state index is 0.217. The van der Waals surface area contributed by atoms with Crippen LogP contribution in [0.2, 0.25) is 0 Å². The van der Waals surface area contributed by atoms with Crippen molar-refractivity contribution in [3.63, 3.8) is 0 Å². The zero-order chi connectivity index (χ0) is 21.1. The van der Waals surface area contributed by atoms with Crippen LogP contribution >= 0.6 is 0 Å². The molecule has 3 aromatic carbocycles. The molecule has 0 fully saturated rings. The summed E-state index contributed by atoms with van der Waals surface area (Å²) in [6.07, 6.45) is 0. The van der Waals surface area contributed by atoms with Crippen LogP contribution in [0.5, 0.6) is 11.5 Å². The van der Waals surface area contributed by atoms with Crippen molar-refractivity contribution in [3.8, 4) is 23.0 Å². The number of aromatic nitrogens is 1. The van der Waals surface area contributed by atoms with Crippen molar-refractivity contribution in [1.29, 1.82) is 0 Å². The Morgan fingerprint density at radius 1 is 0.933 bits per heavy atom. The fourth-order valence-corrected chi connectivity index (χ4v) is 2.98. The van der Waals surface area contributed by atoms with Crippen molar-refractivity contribution in [1.82, 2.24) is 4.98 Å². The minimum atomic E-state index is -0.444. The number of para-hydroxylation sites is 1. The highest BCUT2D eigenvalue weighted by molar-refractivity contribution is 6.04. The summed E-state index contributed by atoms with van der Waals surface area (Å²) in [5, 5.41) is 3.25. The molecule has 30 heavy (non-hydrogen) atoms. The van der Waals surface area contributed by atoms with E-state index < -0.39 is 5.63 Å². The maximum absolute atomic E-state index is 12.6. The van der Waals surface area contributed by atoms with Gasteiger partial charge in [-0.25, -0.2) is 9.78 Å². The number of nitrogens with zero attached hydrogens (tertiary/aromatic N) is 1. The third kappa shape index (κ3) is 3.86. The number of benzene rings is 3. The highest BCUT2D eigenvalue weighted by Gasteiger charge is 2.12. The first-order chi connectivity index (χ1) is 14.6. The molecule has 0 unspecified atom stereocenters. The fourth-order valence-electron chi connectivity index (χ4n) is 2.98. The molecule has 1 heterocycles. The molecule has 0 aliphatic rings.